The molecule has 1 aliphatic heterocycles. The van der Waals surface area contributed by atoms with Gasteiger partial charge < -0.3 is 15.2 Å². The third kappa shape index (κ3) is 1.97. The molecule has 2 aliphatic rings. The number of benzene rings is 1. The lowest BCUT2D eigenvalue weighted by Gasteiger charge is -2.32. The molecule has 0 spiro atoms. The highest BCUT2D eigenvalue weighted by molar-refractivity contribution is 5.46. The molecular weight excluding hydrogens is 226 g/mol. The molecule has 1 aromatic rings. The summed E-state index contributed by atoms with van der Waals surface area (Å²) in [7, 11) is 0. The predicted octanol–water partition coefficient (Wildman–Crippen LogP) is 2.97. The molecule has 1 saturated carbocycles. The zero-order valence-electron chi connectivity index (χ0n) is 10.8. The van der Waals surface area contributed by atoms with Gasteiger partial charge in [-0.05, 0) is 30.5 Å². The minimum atomic E-state index is 0.150. The van der Waals surface area contributed by atoms with Gasteiger partial charge in [-0.25, -0.2) is 0 Å². The molecule has 98 valence electrons. The van der Waals surface area contributed by atoms with Gasteiger partial charge in [0.1, 0.15) is 0 Å². The van der Waals surface area contributed by atoms with Crippen molar-refractivity contribution in [1.82, 2.24) is 0 Å². The first kappa shape index (κ1) is 11.8. The average molecular weight is 247 g/mol. The fourth-order valence-electron chi connectivity index (χ4n) is 3.24. The smallest absolute Gasteiger partial charge is 0.231 e. The zero-order chi connectivity index (χ0) is 12.4. The van der Waals surface area contributed by atoms with Crippen LogP contribution in [0.2, 0.25) is 0 Å². The summed E-state index contributed by atoms with van der Waals surface area (Å²) in [6, 6.07) is 6.34. The van der Waals surface area contributed by atoms with Gasteiger partial charge in [0, 0.05) is 12.0 Å². The van der Waals surface area contributed by atoms with Crippen LogP contribution in [-0.4, -0.2) is 13.3 Å². The van der Waals surface area contributed by atoms with Crippen molar-refractivity contribution in [2.75, 3.05) is 13.3 Å². The Morgan fingerprint density at radius 1 is 1.00 bits per heavy atom. The molecule has 1 aromatic carbocycles. The third-order valence-corrected chi connectivity index (χ3v) is 4.44. The van der Waals surface area contributed by atoms with Crippen molar-refractivity contribution in [3.05, 3.63) is 23.8 Å². The highest BCUT2D eigenvalue weighted by atomic mass is 16.7. The first-order valence-electron chi connectivity index (χ1n) is 6.94. The average Bonchev–Trinajstić information content (AvgIpc) is 2.74. The summed E-state index contributed by atoms with van der Waals surface area (Å²) in [6.07, 6.45) is 7.64. The van der Waals surface area contributed by atoms with Crippen molar-refractivity contribution in [1.29, 1.82) is 0 Å². The third-order valence-electron chi connectivity index (χ3n) is 4.44. The number of hydrogen-bond donors (Lipinski definition) is 1. The molecule has 0 saturated heterocycles. The van der Waals surface area contributed by atoms with Crippen LogP contribution in [0.15, 0.2) is 18.2 Å². The molecule has 0 unspecified atom stereocenters. The Hall–Kier alpha value is -1.22. The van der Waals surface area contributed by atoms with Crippen molar-refractivity contribution in [3.8, 4) is 11.5 Å². The number of hydrogen-bond acceptors (Lipinski definition) is 3. The maximum absolute atomic E-state index is 6.11. The summed E-state index contributed by atoms with van der Waals surface area (Å²) >= 11 is 0. The molecule has 3 nitrogen and oxygen atoms in total. The van der Waals surface area contributed by atoms with Crippen LogP contribution < -0.4 is 15.2 Å². The molecule has 3 rings (SSSR count). The molecule has 0 bridgehead atoms. The highest BCUT2D eigenvalue weighted by Crippen LogP contribution is 2.42. The van der Waals surface area contributed by atoms with Crippen LogP contribution in [0, 0.1) is 0 Å². The van der Waals surface area contributed by atoms with Crippen LogP contribution in [0.3, 0.4) is 0 Å². The quantitative estimate of drug-likeness (QED) is 0.817. The molecule has 1 fully saturated rings. The molecule has 1 aliphatic carbocycles. The molecule has 0 radical (unpaired) electrons. The van der Waals surface area contributed by atoms with Crippen LogP contribution in [-0.2, 0) is 5.41 Å². The Balaban J connectivity index is 1.95. The fourth-order valence-corrected chi connectivity index (χ4v) is 3.24. The van der Waals surface area contributed by atoms with Crippen LogP contribution >= 0.6 is 0 Å². The molecular formula is C15H21NO2. The van der Waals surface area contributed by atoms with Crippen molar-refractivity contribution >= 4 is 0 Å². The normalized spacial score (nSPS) is 21.6. The number of fused-ring (bicyclic) bond motifs is 1. The Morgan fingerprint density at radius 3 is 2.44 bits per heavy atom. The standard InChI is InChI=1S/C15H21NO2/c16-10-15(7-3-1-2-4-8-15)12-5-6-13-14(9-12)18-11-17-13/h5-6,9H,1-4,7-8,10-11,16H2. The minimum Gasteiger partial charge on any atom is -0.454 e. The Labute approximate surface area is 108 Å². The Kier molecular flexibility index (Phi) is 3.16. The van der Waals surface area contributed by atoms with Crippen molar-refractivity contribution in [2.24, 2.45) is 5.73 Å². The topological polar surface area (TPSA) is 44.5 Å². The summed E-state index contributed by atoms with van der Waals surface area (Å²) in [5.41, 5.74) is 7.59. The molecule has 2 N–H and O–H groups in total. The van der Waals surface area contributed by atoms with Crippen LogP contribution in [0.1, 0.15) is 44.1 Å². The monoisotopic (exact) mass is 247 g/mol. The van der Waals surface area contributed by atoms with Gasteiger partial charge in [0.15, 0.2) is 11.5 Å². The second-order valence-corrected chi connectivity index (χ2v) is 5.47. The molecule has 0 atom stereocenters. The van der Waals surface area contributed by atoms with E-state index in [4.69, 9.17) is 15.2 Å². The molecule has 1 heterocycles. The van der Waals surface area contributed by atoms with Gasteiger partial charge in [0.25, 0.3) is 0 Å². The van der Waals surface area contributed by atoms with Crippen LogP contribution in [0.4, 0.5) is 0 Å². The van der Waals surface area contributed by atoms with E-state index in [-0.39, 0.29) is 5.41 Å². The number of ether oxygens (including phenoxy) is 2. The summed E-state index contributed by atoms with van der Waals surface area (Å²) in [5.74, 6) is 1.74. The van der Waals surface area contributed by atoms with Gasteiger partial charge in [-0.1, -0.05) is 31.7 Å². The van der Waals surface area contributed by atoms with Crippen LogP contribution in [0.25, 0.3) is 0 Å². The van der Waals surface area contributed by atoms with E-state index in [0.717, 1.165) is 18.0 Å². The lowest BCUT2D eigenvalue weighted by atomic mass is 9.74. The van der Waals surface area contributed by atoms with E-state index in [0.29, 0.717) is 6.79 Å². The minimum absolute atomic E-state index is 0.150. The molecule has 0 amide bonds. The van der Waals surface area contributed by atoms with E-state index in [1.807, 2.05) is 6.07 Å². The van der Waals surface area contributed by atoms with Gasteiger partial charge >= 0.3 is 0 Å². The zero-order valence-corrected chi connectivity index (χ0v) is 10.8. The number of nitrogens with two attached hydrogens (primary N) is 1. The first-order chi connectivity index (χ1) is 8.84. The maximum atomic E-state index is 6.11. The number of rotatable bonds is 2. The van der Waals surface area contributed by atoms with E-state index in [9.17, 15) is 0 Å². The van der Waals surface area contributed by atoms with Crippen molar-refractivity contribution in [3.63, 3.8) is 0 Å². The van der Waals surface area contributed by atoms with Gasteiger partial charge in [0.2, 0.25) is 6.79 Å². The van der Waals surface area contributed by atoms with Crippen molar-refractivity contribution < 1.29 is 9.47 Å². The van der Waals surface area contributed by atoms with E-state index in [2.05, 4.69) is 12.1 Å². The van der Waals surface area contributed by atoms with E-state index >= 15 is 0 Å². The van der Waals surface area contributed by atoms with Gasteiger partial charge in [0.05, 0.1) is 0 Å². The Morgan fingerprint density at radius 2 is 1.72 bits per heavy atom. The fraction of sp³-hybridized carbons (Fsp3) is 0.600. The lowest BCUT2D eigenvalue weighted by Crippen LogP contribution is -2.34. The second-order valence-electron chi connectivity index (χ2n) is 5.47. The van der Waals surface area contributed by atoms with E-state index in [1.165, 1.54) is 44.1 Å². The second kappa shape index (κ2) is 4.81. The molecule has 18 heavy (non-hydrogen) atoms. The molecule has 3 heteroatoms. The van der Waals surface area contributed by atoms with Gasteiger partial charge in [-0.3, -0.25) is 0 Å². The summed E-state index contributed by atoms with van der Waals surface area (Å²) in [6.45, 7) is 1.07. The largest absolute Gasteiger partial charge is 0.454 e. The first-order valence-corrected chi connectivity index (χ1v) is 6.94. The van der Waals surface area contributed by atoms with Crippen LogP contribution in [0.5, 0.6) is 11.5 Å². The molecule has 0 aromatic heterocycles. The SMILES string of the molecule is NCC1(c2ccc3c(c2)OCO3)CCCCCC1. The predicted molar refractivity (Wildman–Crippen MR) is 71.0 cm³/mol. The van der Waals surface area contributed by atoms with Gasteiger partial charge in [-0.15, -0.1) is 0 Å². The van der Waals surface area contributed by atoms with Crippen molar-refractivity contribution in [2.45, 2.75) is 43.9 Å². The highest BCUT2D eigenvalue weighted by Gasteiger charge is 2.32. The lowest BCUT2D eigenvalue weighted by molar-refractivity contribution is 0.174. The summed E-state index contributed by atoms with van der Waals surface area (Å²) in [5, 5.41) is 0. The van der Waals surface area contributed by atoms with Gasteiger partial charge in [-0.2, -0.15) is 0 Å². The summed E-state index contributed by atoms with van der Waals surface area (Å²) in [4.78, 5) is 0. The summed E-state index contributed by atoms with van der Waals surface area (Å²) < 4.78 is 10.9. The Bertz CT molecular complexity index is 423. The maximum Gasteiger partial charge on any atom is 0.231 e. The van der Waals surface area contributed by atoms with E-state index < -0.39 is 0 Å². The van der Waals surface area contributed by atoms with E-state index in [1.54, 1.807) is 0 Å².